The molecule has 0 spiro atoms. The molecule has 0 aromatic heterocycles. The van der Waals surface area contributed by atoms with Crippen molar-refractivity contribution < 1.29 is 24.9 Å². The zero-order valence-electron chi connectivity index (χ0n) is 6.51. The molecule has 2 atom stereocenters. The predicted molar refractivity (Wildman–Crippen MR) is 39.5 cm³/mol. The van der Waals surface area contributed by atoms with Gasteiger partial charge in [-0.1, -0.05) is 0 Å². The van der Waals surface area contributed by atoms with Gasteiger partial charge in [-0.2, -0.15) is 0 Å². The molecule has 0 aliphatic carbocycles. The second kappa shape index (κ2) is 5.90. The summed E-state index contributed by atoms with van der Waals surface area (Å²) in [5.74, 6) is -1.16. The zero-order chi connectivity index (χ0) is 9.56. The Morgan fingerprint density at radius 3 is 2.50 bits per heavy atom. The summed E-state index contributed by atoms with van der Waals surface area (Å²) in [4.78, 5) is 10.1. The molecule has 0 saturated heterocycles. The average molecular weight is 179 g/mol. The van der Waals surface area contributed by atoms with Crippen LogP contribution in [0.5, 0.6) is 0 Å². The topological polar surface area (TPSA) is 113 Å². The van der Waals surface area contributed by atoms with E-state index in [-0.39, 0.29) is 13.2 Å². The normalized spacial score (nSPS) is 15.6. The van der Waals surface area contributed by atoms with Crippen LogP contribution in [-0.2, 0) is 9.53 Å². The van der Waals surface area contributed by atoms with Crippen molar-refractivity contribution in [3.8, 4) is 0 Å². The van der Waals surface area contributed by atoms with Gasteiger partial charge in [0.1, 0.15) is 12.1 Å². The Bertz CT molecular complexity index is 140. The number of aliphatic carboxylic acids is 1. The molecule has 12 heavy (non-hydrogen) atoms. The second-order valence-corrected chi connectivity index (χ2v) is 2.32. The molecule has 6 nitrogen and oxygen atoms in total. The number of nitrogens with two attached hydrogens (primary N) is 1. The molecule has 0 bridgehead atoms. The number of carbonyl (C=O) groups is 1. The highest BCUT2D eigenvalue weighted by atomic mass is 16.5. The molecule has 6 heteroatoms. The van der Waals surface area contributed by atoms with Crippen molar-refractivity contribution >= 4 is 5.97 Å². The van der Waals surface area contributed by atoms with Crippen molar-refractivity contribution in [3.05, 3.63) is 0 Å². The first-order valence-corrected chi connectivity index (χ1v) is 3.43. The summed E-state index contributed by atoms with van der Waals surface area (Å²) in [5.41, 5.74) is 5.08. The van der Waals surface area contributed by atoms with Gasteiger partial charge in [0.15, 0.2) is 0 Å². The maximum absolute atomic E-state index is 10.1. The fourth-order valence-electron chi connectivity index (χ4n) is 0.455. The molecule has 0 aromatic rings. The zero-order valence-corrected chi connectivity index (χ0v) is 6.51. The number of carboxylic acid groups (broad SMARTS) is 1. The lowest BCUT2D eigenvalue weighted by molar-refractivity contribution is -0.140. The number of hydrogen-bond donors (Lipinski definition) is 4. The highest BCUT2D eigenvalue weighted by Crippen LogP contribution is 1.86. The summed E-state index contributed by atoms with van der Waals surface area (Å²) in [6.07, 6.45) is -0.981. The van der Waals surface area contributed by atoms with E-state index < -0.39 is 24.7 Å². The van der Waals surface area contributed by atoms with Crippen LogP contribution in [0.2, 0.25) is 0 Å². The van der Waals surface area contributed by atoms with E-state index in [1.54, 1.807) is 0 Å². The van der Waals surface area contributed by atoms with Crippen molar-refractivity contribution in [1.82, 2.24) is 0 Å². The summed E-state index contributed by atoms with van der Waals surface area (Å²) in [7, 11) is 0. The summed E-state index contributed by atoms with van der Waals surface area (Å²) < 4.78 is 4.69. The molecule has 0 amide bonds. The van der Waals surface area contributed by atoms with Crippen LogP contribution in [0.15, 0.2) is 0 Å². The van der Waals surface area contributed by atoms with E-state index in [1.165, 1.54) is 0 Å². The largest absolute Gasteiger partial charge is 0.480 e. The van der Waals surface area contributed by atoms with Gasteiger partial charge in [-0.05, 0) is 0 Å². The molecule has 0 saturated carbocycles. The standard InChI is InChI=1S/C6H13NO5/c7-5(6(10)11)3-12-2-4(9)1-8/h4-5,8-9H,1-3,7H2,(H,10,11)/t4?,5-/m0/s1. The molecule has 0 rings (SSSR count). The SMILES string of the molecule is N[C@@H](COCC(O)CO)C(=O)O. The van der Waals surface area contributed by atoms with E-state index in [9.17, 15) is 4.79 Å². The van der Waals surface area contributed by atoms with Gasteiger partial charge in [0.25, 0.3) is 0 Å². The highest BCUT2D eigenvalue weighted by molar-refractivity contribution is 5.73. The maximum atomic E-state index is 10.1. The average Bonchev–Trinajstić information content (AvgIpc) is 2.03. The van der Waals surface area contributed by atoms with E-state index >= 15 is 0 Å². The minimum absolute atomic E-state index is 0.114. The third-order valence-corrected chi connectivity index (χ3v) is 1.14. The van der Waals surface area contributed by atoms with Crippen LogP contribution in [0.3, 0.4) is 0 Å². The summed E-state index contributed by atoms with van der Waals surface area (Å²) >= 11 is 0. The highest BCUT2D eigenvalue weighted by Gasteiger charge is 2.11. The van der Waals surface area contributed by atoms with Crippen LogP contribution in [0, 0.1) is 0 Å². The fraction of sp³-hybridized carbons (Fsp3) is 0.833. The number of hydrogen-bond acceptors (Lipinski definition) is 5. The first-order valence-electron chi connectivity index (χ1n) is 3.43. The smallest absolute Gasteiger partial charge is 0.322 e. The number of aliphatic hydroxyl groups excluding tert-OH is 2. The Morgan fingerprint density at radius 2 is 2.08 bits per heavy atom. The van der Waals surface area contributed by atoms with Gasteiger partial charge in [-0.15, -0.1) is 0 Å². The Labute approximate surface area is 69.6 Å². The van der Waals surface area contributed by atoms with E-state index in [0.29, 0.717) is 0 Å². The Balaban J connectivity index is 3.37. The van der Waals surface area contributed by atoms with Crippen molar-refractivity contribution in [2.45, 2.75) is 12.1 Å². The van der Waals surface area contributed by atoms with E-state index in [1.807, 2.05) is 0 Å². The van der Waals surface area contributed by atoms with Crippen LogP contribution < -0.4 is 5.73 Å². The summed E-state index contributed by atoms with van der Waals surface area (Å²) in [6.45, 7) is -0.702. The molecule has 0 aromatic carbocycles. The fourth-order valence-corrected chi connectivity index (χ4v) is 0.455. The molecule has 5 N–H and O–H groups in total. The van der Waals surface area contributed by atoms with Crippen LogP contribution in [-0.4, -0.2) is 53.3 Å². The Hall–Kier alpha value is -0.690. The molecule has 0 aliphatic rings. The maximum Gasteiger partial charge on any atom is 0.322 e. The lowest BCUT2D eigenvalue weighted by atomic mass is 10.3. The molecule has 72 valence electrons. The molecule has 0 heterocycles. The number of ether oxygens (including phenoxy) is 1. The molecular weight excluding hydrogens is 166 g/mol. The van der Waals surface area contributed by atoms with Gasteiger partial charge in [-0.25, -0.2) is 0 Å². The van der Waals surface area contributed by atoms with Gasteiger partial charge in [0.05, 0.1) is 19.8 Å². The lowest BCUT2D eigenvalue weighted by Gasteiger charge is -2.10. The van der Waals surface area contributed by atoms with Gasteiger partial charge >= 0.3 is 5.97 Å². The predicted octanol–water partition coefficient (Wildman–Crippen LogP) is -2.23. The van der Waals surface area contributed by atoms with Crippen molar-refractivity contribution in [2.75, 3.05) is 19.8 Å². The number of aliphatic hydroxyl groups is 2. The number of carboxylic acids is 1. The van der Waals surface area contributed by atoms with Crippen LogP contribution in [0.4, 0.5) is 0 Å². The first kappa shape index (κ1) is 11.3. The lowest BCUT2D eigenvalue weighted by Crippen LogP contribution is -2.36. The molecule has 1 unspecified atom stereocenters. The van der Waals surface area contributed by atoms with Gasteiger partial charge < -0.3 is 25.8 Å². The number of rotatable bonds is 6. The van der Waals surface area contributed by atoms with Crippen molar-refractivity contribution in [3.63, 3.8) is 0 Å². The Morgan fingerprint density at radius 1 is 1.50 bits per heavy atom. The second-order valence-electron chi connectivity index (χ2n) is 2.32. The molecule has 0 radical (unpaired) electrons. The van der Waals surface area contributed by atoms with Crippen molar-refractivity contribution in [1.29, 1.82) is 0 Å². The third kappa shape index (κ3) is 5.03. The van der Waals surface area contributed by atoms with E-state index in [0.717, 1.165) is 0 Å². The first-order chi connectivity index (χ1) is 5.57. The van der Waals surface area contributed by atoms with Gasteiger partial charge in [-0.3, -0.25) is 4.79 Å². The van der Waals surface area contributed by atoms with E-state index in [2.05, 4.69) is 0 Å². The molecular formula is C6H13NO5. The summed E-state index contributed by atoms with van der Waals surface area (Å²) in [6, 6.07) is -1.09. The van der Waals surface area contributed by atoms with Crippen LogP contribution in [0.1, 0.15) is 0 Å². The molecule has 0 aliphatic heterocycles. The quantitative estimate of drug-likeness (QED) is 0.367. The minimum atomic E-state index is -1.16. The third-order valence-electron chi connectivity index (χ3n) is 1.14. The molecule has 0 fully saturated rings. The summed E-state index contributed by atoms with van der Waals surface area (Å²) in [5, 5.41) is 25.4. The minimum Gasteiger partial charge on any atom is -0.480 e. The monoisotopic (exact) mass is 179 g/mol. The van der Waals surface area contributed by atoms with Gasteiger partial charge in [0, 0.05) is 0 Å². The van der Waals surface area contributed by atoms with Gasteiger partial charge in [0.2, 0.25) is 0 Å². The van der Waals surface area contributed by atoms with E-state index in [4.69, 9.17) is 25.8 Å². The van der Waals surface area contributed by atoms with Crippen LogP contribution >= 0.6 is 0 Å². The van der Waals surface area contributed by atoms with Crippen molar-refractivity contribution in [2.24, 2.45) is 5.73 Å². The van der Waals surface area contributed by atoms with Crippen LogP contribution in [0.25, 0.3) is 0 Å². The Kier molecular flexibility index (Phi) is 5.56.